The number of rotatable bonds is 6. The molecule has 0 N–H and O–H groups in total. The molecule has 0 aromatic carbocycles. The van der Waals surface area contributed by atoms with Crippen molar-refractivity contribution < 1.29 is 22.7 Å². The van der Waals surface area contributed by atoms with Crippen LogP contribution in [-0.4, -0.2) is 46.0 Å². The zero-order valence-corrected chi connectivity index (χ0v) is 15.9. The number of carbonyl (C=O) groups is 1. The quantitative estimate of drug-likeness (QED) is 0.703. The molecule has 24 heavy (non-hydrogen) atoms. The standard InChI is InChI=1S/C14H16N2O5S3/c1-20-11-7-5-9(13(15-11)21-2)16(24(4,18)19)14(17)10-6-8-12(22-3)23-10/h5-8H,1-4H3. The van der Waals surface area contributed by atoms with Gasteiger partial charge in [0.25, 0.3) is 5.91 Å². The van der Waals surface area contributed by atoms with Crippen molar-refractivity contribution in [1.29, 1.82) is 0 Å². The van der Waals surface area contributed by atoms with Gasteiger partial charge in [-0.15, -0.1) is 23.1 Å². The van der Waals surface area contributed by atoms with Crippen LogP contribution >= 0.6 is 23.1 Å². The first-order valence-corrected chi connectivity index (χ1v) is 10.5. The van der Waals surface area contributed by atoms with Crippen molar-refractivity contribution in [2.24, 2.45) is 0 Å². The molecule has 2 heterocycles. The van der Waals surface area contributed by atoms with Crippen LogP contribution in [0.25, 0.3) is 0 Å². The second kappa shape index (κ2) is 7.41. The summed E-state index contributed by atoms with van der Waals surface area (Å²) in [6.45, 7) is 0. The van der Waals surface area contributed by atoms with Gasteiger partial charge in [0.15, 0.2) is 0 Å². The van der Waals surface area contributed by atoms with Crippen molar-refractivity contribution in [2.45, 2.75) is 4.21 Å². The van der Waals surface area contributed by atoms with E-state index < -0.39 is 15.9 Å². The Labute approximate surface area is 148 Å². The average molecular weight is 388 g/mol. The number of sulfonamides is 1. The van der Waals surface area contributed by atoms with Gasteiger partial charge in [0.05, 0.1) is 29.6 Å². The van der Waals surface area contributed by atoms with Crippen molar-refractivity contribution >= 4 is 44.7 Å². The summed E-state index contributed by atoms with van der Waals surface area (Å²) in [6.07, 6.45) is 2.84. The molecule has 0 aliphatic heterocycles. The van der Waals surface area contributed by atoms with Gasteiger partial charge >= 0.3 is 0 Å². The van der Waals surface area contributed by atoms with Crippen LogP contribution in [0.1, 0.15) is 9.67 Å². The Kier molecular flexibility index (Phi) is 5.73. The summed E-state index contributed by atoms with van der Waals surface area (Å²) in [5.41, 5.74) is 0.0323. The minimum absolute atomic E-state index is 0.0187. The van der Waals surface area contributed by atoms with E-state index in [0.717, 1.165) is 10.5 Å². The van der Waals surface area contributed by atoms with Crippen molar-refractivity contribution in [3.63, 3.8) is 0 Å². The zero-order chi connectivity index (χ0) is 17.9. The van der Waals surface area contributed by atoms with Crippen LogP contribution in [-0.2, 0) is 10.0 Å². The Morgan fingerprint density at radius 1 is 1.21 bits per heavy atom. The third kappa shape index (κ3) is 3.82. The second-order valence-corrected chi connectivity index (χ2v) is 8.56. The van der Waals surface area contributed by atoms with Gasteiger partial charge in [-0.1, -0.05) is 0 Å². The van der Waals surface area contributed by atoms with E-state index in [1.165, 1.54) is 49.5 Å². The molecule has 0 bridgehead atoms. The van der Waals surface area contributed by atoms with Crippen LogP contribution in [0.5, 0.6) is 11.8 Å². The van der Waals surface area contributed by atoms with Crippen molar-refractivity contribution in [1.82, 2.24) is 4.98 Å². The fraction of sp³-hybridized carbons (Fsp3) is 0.286. The number of ether oxygens (including phenoxy) is 2. The molecule has 0 saturated heterocycles. The molecule has 130 valence electrons. The lowest BCUT2D eigenvalue weighted by Crippen LogP contribution is -2.36. The van der Waals surface area contributed by atoms with Gasteiger partial charge in [-0.05, 0) is 24.5 Å². The first kappa shape index (κ1) is 18.6. The molecule has 0 aliphatic carbocycles. The molecule has 2 rings (SSSR count). The monoisotopic (exact) mass is 388 g/mol. The normalized spacial score (nSPS) is 11.2. The molecule has 0 radical (unpaired) electrons. The molecule has 0 unspecified atom stereocenters. The lowest BCUT2D eigenvalue weighted by atomic mass is 10.3. The minimum atomic E-state index is -3.89. The summed E-state index contributed by atoms with van der Waals surface area (Å²) in [4.78, 5) is 17.1. The number of thioether (sulfide) groups is 1. The Hall–Kier alpha value is -1.78. The van der Waals surface area contributed by atoms with Crippen LogP contribution in [0, 0.1) is 0 Å². The molecule has 7 nitrogen and oxygen atoms in total. The van der Waals surface area contributed by atoms with Crippen molar-refractivity contribution in [3.8, 4) is 11.8 Å². The molecule has 0 fully saturated rings. The maximum atomic E-state index is 12.8. The van der Waals surface area contributed by atoms with E-state index in [1.54, 1.807) is 12.1 Å². The van der Waals surface area contributed by atoms with Crippen LogP contribution in [0.2, 0.25) is 0 Å². The molecular weight excluding hydrogens is 372 g/mol. The van der Waals surface area contributed by atoms with E-state index in [-0.39, 0.29) is 17.4 Å². The highest BCUT2D eigenvalue weighted by atomic mass is 32.2. The number of hydrogen-bond acceptors (Lipinski definition) is 8. The van der Waals surface area contributed by atoms with E-state index in [0.29, 0.717) is 9.18 Å². The van der Waals surface area contributed by atoms with Crippen molar-refractivity contribution in [2.75, 3.05) is 31.0 Å². The number of nitrogens with zero attached hydrogens (tertiary/aromatic N) is 2. The summed E-state index contributed by atoms with van der Waals surface area (Å²) in [5.74, 6) is -0.430. The molecule has 0 saturated carbocycles. The predicted octanol–water partition coefficient (Wildman–Crippen LogP) is 2.49. The molecule has 0 spiro atoms. The number of pyridine rings is 1. The smallest absolute Gasteiger partial charge is 0.282 e. The molecule has 1 amide bonds. The summed E-state index contributed by atoms with van der Waals surface area (Å²) < 4.78 is 36.2. The fourth-order valence-electron chi connectivity index (χ4n) is 1.92. The molecular formula is C14H16N2O5S3. The number of thiophene rings is 1. The third-order valence-electron chi connectivity index (χ3n) is 2.95. The molecule has 0 aliphatic rings. The van der Waals surface area contributed by atoms with E-state index in [2.05, 4.69) is 4.98 Å². The van der Waals surface area contributed by atoms with E-state index in [1.807, 2.05) is 6.26 Å². The number of aromatic nitrogens is 1. The molecule has 2 aromatic rings. The van der Waals surface area contributed by atoms with Gasteiger partial charge in [0.1, 0.15) is 5.69 Å². The Morgan fingerprint density at radius 2 is 1.92 bits per heavy atom. The number of methoxy groups -OCH3 is 2. The van der Waals surface area contributed by atoms with Gasteiger partial charge in [0, 0.05) is 6.07 Å². The Bertz CT molecular complexity index is 848. The topological polar surface area (TPSA) is 85.8 Å². The maximum absolute atomic E-state index is 12.8. The largest absolute Gasteiger partial charge is 0.481 e. The van der Waals surface area contributed by atoms with Gasteiger partial charge < -0.3 is 9.47 Å². The van der Waals surface area contributed by atoms with E-state index in [4.69, 9.17) is 9.47 Å². The SMILES string of the molecule is COc1ccc(N(C(=O)c2ccc(SC)s2)S(C)(=O)=O)c(OC)n1. The number of anilines is 1. The van der Waals surface area contributed by atoms with Gasteiger partial charge in [-0.25, -0.2) is 8.42 Å². The average Bonchev–Trinajstić information content (AvgIpc) is 3.03. The summed E-state index contributed by atoms with van der Waals surface area (Å²) >= 11 is 2.70. The van der Waals surface area contributed by atoms with Gasteiger partial charge in [-0.2, -0.15) is 9.29 Å². The van der Waals surface area contributed by atoms with Gasteiger partial charge in [-0.3, -0.25) is 4.79 Å². The van der Waals surface area contributed by atoms with Crippen molar-refractivity contribution in [3.05, 3.63) is 29.1 Å². The number of carbonyl (C=O) groups excluding carboxylic acids is 1. The second-order valence-electron chi connectivity index (χ2n) is 4.54. The van der Waals surface area contributed by atoms with Crippen LogP contribution in [0.15, 0.2) is 28.5 Å². The Balaban J connectivity index is 2.56. The molecule has 0 atom stereocenters. The first-order chi connectivity index (χ1) is 11.3. The maximum Gasteiger partial charge on any atom is 0.282 e. The van der Waals surface area contributed by atoms with E-state index >= 15 is 0 Å². The van der Waals surface area contributed by atoms with Crippen LogP contribution in [0.4, 0.5) is 5.69 Å². The van der Waals surface area contributed by atoms with Crippen LogP contribution < -0.4 is 13.8 Å². The van der Waals surface area contributed by atoms with Crippen LogP contribution in [0.3, 0.4) is 0 Å². The van der Waals surface area contributed by atoms with E-state index in [9.17, 15) is 13.2 Å². The highest BCUT2D eigenvalue weighted by Gasteiger charge is 2.31. The zero-order valence-electron chi connectivity index (χ0n) is 13.5. The minimum Gasteiger partial charge on any atom is -0.481 e. The molecule has 10 heteroatoms. The lowest BCUT2D eigenvalue weighted by Gasteiger charge is -2.21. The number of hydrogen-bond donors (Lipinski definition) is 0. The first-order valence-electron chi connectivity index (χ1n) is 6.59. The fourth-order valence-corrected chi connectivity index (χ4v) is 4.35. The highest BCUT2D eigenvalue weighted by Crippen LogP contribution is 2.33. The Morgan fingerprint density at radius 3 is 2.42 bits per heavy atom. The third-order valence-corrected chi connectivity index (χ3v) is 6.13. The predicted molar refractivity (Wildman–Crippen MR) is 95.1 cm³/mol. The number of amides is 1. The summed E-state index contributed by atoms with van der Waals surface area (Å²) in [5, 5.41) is 0. The summed E-state index contributed by atoms with van der Waals surface area (Å²) in [6, 6.07) is 6.25. The highest BCUT2D eigenvalue weighted by molar-refractivity contribution is 8.00. The summed E-state index contributed by atoms with van der Waals surface area (Å²) in [7, 11) is -1.12. The lowest BCUT2D eigenvalue weighted by molar-refractivity contribution is 0.101. The van der Waals surface area contributed by atoms with Gasteiger partial charge in [0.2, 0.25) is 21.8 Å². The molecule has 2 aromatic heterocycles.